The zero-order chi connectivity index (χ0) is 25.1. The molecule has 10 heteroatoms. The van der Waals surface area contributed by atoms with E-state index in [9.17, 15) is 4.79 Å². The predicted octanol–water partition coefficient (Wildman–Crippen LogP) is 4.20. The van der Waals surface area contributed by atoms with Crippen LogP contribution in [0.2, 0.25) is 0 Å². The van der Waals surface area contributed by atoms with Crippen molar-refractivity contribution in [2.24, 2.45) is 0 Å². The Hall–Kier alpha value is -3.92. The summed E-state index contributed by atoms with van der Waals surface area (Å²) in [6.45, 7) is 6.08. The van der Waals surface area contributed by atoms with E-state index in [2.05, 4.69) is 25.7 Å². The molecule has 0 radical (unpaired) electrons. The molecule has 0 unspecified atom stereocenters. The van der Waals surface area contributed by atoms with E-state index in [1.54, 1.807) is 13.3 Å². The van der Waals surface area contributed by atoms with Crippen LogP contribution in [0.3, 0.4) is 0 Å². The van der Waals surface area contributed by atoms with Crippen LogP contribution in [0.15, 0.2) is 47.3 Å². The highest BCUT2D eigenvalue weighted by Gasteiger charge is 2.23. The van der Waals surface area contributed by atoms with Gasteiger partial charge >= 0.3 is 0 Å². The van der Waals surface area contributed by atoms with E-state index < -0.39 is 0 Å². The molecule has 5 rings (SSSR count). The molecule has 4 aromatic rings. The van der Waals surface area contributed by atoms with Crippen molar-refractivity contribution in [3.63, 3.8) is 0 Å². The molecule has 4 heterocycles. The number of hydrogen-bond donors (Lipinski definition) is 2. The molecule has 1 aromatic carbocycles. The number of amides is 1. The largest absolute Gasteiger partial charge is 0.497 e. The molecule has 2 N–H and O–H groups in total. The number of nitrogens with one attached hydrogen (secondary N) is 2. The average molecular weight is 491 g/mol. The first-order valence-corrected chi connectivity index (χ1v) is 12.2. The second kappa shape index (κ2) is 10.4. The standard InChI is InChI=1S/C26H30N6O4/c1-4-32-24-20(14-28-32)23(30-18-9-11-35-12-10-18)21(13-27-24)26-31-22(15-36-26)25(33)29-16(2)17-5-7-19(34-3)8-6-17/h5-8,13-16,18H,4,9-12H2,1-3H3,(H,27,30)(H,29,33)/t16-/m1/s1. The fourth-order valence-electron chi connectivity index (χ4n) is 4.37. The van der Waals surface area contributed by atoms with Crippen molar-refractivity contribution < 1.29 is 18.7 Å². The van der Waals surface area contributed by atoms with Crippen LogP contribution in [0.25, 0.3) is 22.5 Å². The summed E-state index contributed by atoms with van der Waals surface area (Å²) >= 11 is 0. The van der Waals surface area contributed by atoms with Crippen molar-refractivity contribution >= 4 is 22.6 Å². The van der Waals surface area contributed by atoms with Gasteiger partial charge in [0.2, 0.25) is 5.89 Å². The molecule has 1 fully saturated rings. The number of benzene rings is 1. The van der Waals surface area contributed by atoms with Crippen LogP contribution in [-0.4, -0.2) is 52.0 Å². The Bertz CT molecular complexity index is 1340. The van der Waals surface area contributed by atoms with E-state index in [0.717, 1.165) is 40.9 Å². The number of methoxy groups -OCH3 is 1. The van der Waals surface area contributed by atoms with Crippen molar-refractivity contribution in [2.75, 3.05) is 25.6 Å². The van der Waals surface area contributed by atoms with E-state index >= 15 is 0 Å². The van der Waals surface area contributed by atoms with E-state index in [1.807, 2.05) is 49.0 Å². The first-order chi connectivity index (χ1) is 17.6. The molecule has 1 saturated heterocycles. The fourth-order valence-corrected chi connectivity index (χ4v) is 4.37. The number of rotatable bonds is 8. The lowest BCUT2D eigenvalue weighted by molar-refractivity contribution is 0.0904. The minimum absolute atomic E-state index is 0.201. The third-order valence-corrected chi connectivity index (χ3v) is 6.47. The smallest absolute Gasteiger partial charge is 0.273 e. The number of oxazole rings is 1. The Labute approximate surface area is 209 Å². The van der Waals surface area contributed by atoms with Gasteiger partial charge in [-0.25, -0.2) is 14.6 Å². The minimum atomic E-state index is -0.319. The molecule has 36 heavy (non-hydrogen) atoms. The summed E-state index contributed by atoms with van der Waals surface area (Å²) in [6.07, 6.45) is 6.71. The maximum Gasteiger partial charge on any atom is 0.273 e. The van der Waals surface area contributed by atoms with E-state index in [-0.39, 0.29) is 23.7 Å². The number of fused-ring (bicyclic) bond motifs is 1. The maximum atomic E-state index is 12.9. The van der Waals surface area contributed by atoms with Gasteiger partial charge in [-0.15, -0.1) is 0 Å². The predicted molar refractivity (Wildman–Crippen MR) is 135 cm³/mol. The highest BCUT2D eigenvalue weighted by Crippen LogP contribution is 2.34. The Morgan fingerprint density at radius 3 is 2.72 bits per heavy atom. The quantitative estimate of drug-likeness (QED) is 0.378. The van der Waals surface area contributed by atoms with Crippen molar-refractivity contribution in [2.45, 2.75) is 45.3 Å². The van der Waals surface area contributed by atoms with E-state index in [0.29, 0.717) is 31.2 Å². The molecule has 188 valence electrons. The zero-order valence-corrected chi connectivity index (χ0v) is 20.7. The van der Waals surface area contributed by atoms with Gasteiger partial charge in [0.25, 0.3) is 5.91 Å². The van der Waals surface area contributed by atoms with Crippen LogP contribution in [0.5, 0.6) is 5.75 Å². The van der Waals surface area contributed by atoms with Gasteiger partial charge in [-0.1, -0.05) is 12.1 Å². The second-order valence-corrected chi connectivity index (χ2v) is 8.78. The highest BCUT2D eigenvalue weighted by molar-refractivity contribution is 5.97. The number of anilines is 1. The second-order valence-electron chi connectivity index (χ2n) is 8.78. The van der Waals surface area contributed by atoms with Crippen LogP contribution in [0.4, 0.5) is 5.69 Å². The van der Waals surface area contributed by atoms with Gasteiger partial charge in [0, 0.05) is 32.0 Å². The summed E-state index contributed by atoms with van der Waals surface area (Å²) in [5.74, 6) is 0.768. The monoisotopic (exact) mass is 490 g/mol. The van der Waals surface area contributed by atoms with Crippen LogP contribution >= 0.6 is 0 Å². The maximum absolute atomic E-state index is 12.9. The van der Waals surface area contributed by atoms with Crippen molar-refractivity contribution in [1.29, 1.82) is 0 Å². The summed E-state index contributed by atoms with van der Waals surface area (Å²) in [7, 11) is 1.62. The molecule has 3 aromatic heterocycles. The lowest BCUT2D eigenvalue weighted by Crippen LogP contribution is -2.28. The van der Waals surface area contributed by atoms with Gasteiger partial charge in [0.15, 0.2) is 11.3 Å². The topological polar surface area (TPSA) is 116 Å². The molecule has 1 atom stereocenters. The van der Waals surface area contributed by atoms with Crippen LogP contribution in [-0.2, 0) is 11.3 Å². The van der Waals surface area contributed by atoms with Gasteiger partial charge in [-0.3, -0.25) is 4.79 Å². The van der Waals surface area contributed by atoms with Crippen LogP contribution in [0, 0.1) is 0 Å². The molecular weight excluding hydrogens is 460 g/mol. The number of aryl methyl sites for hydroxylation is 1. The summed E-state index contributed by atoms with van der Waals surface area (Å²) in [5.41, 5.74) is 3.48. The molecule has 0 saturated carbocycles. The van der Waals surface area contributed by atoms with Crippen molar-refractivity contribution in [3.05, 3.63) is 54.2 Å². The summed E-state index contributed by atoms with van der Waals surface area (Å²) in [4.78, 5) is 22.1. The van der Waals surface area contributed by atoms with Gasteiger partial charge in [-0.05, 0) is 44.4 Å². The molecule has 0 bridgehead atoms. The Morgan fingerprint density at radius 2 is 2.00 bits per heavy atom. The number of hydrogen-bond acceptors (Lipinski definition) is 8. The molecule has 10 nitrogen and oxygen atoms in total. The number of carbonyl (C=O) groups excluding carboxylic acids is 1. The average Bonchev–Trinajstić information content (AvgIpc) is 3.57. The Kier molecular flexibility index (Phi) is 6.86. The third kappa shape index (κ3) is 4.76. The van der Waals surface area contributed by atoms with Crippen molar-refractivity contribution in [1.82, 2.24) is 25.1 Å². The summed E-state index contributed by atoms with van der Waals surface area (Å²) in [6, 6.07) is 7.60. The SMILES string of the molecule is CCn1ncc2c(NC3CCOCC3)c(-c3nc(C(=O)N[C@H](C)c4ccc(OC)cc4)co3)cnc21. The van der Waals surface area contributed by atoms with Gasteiger partial charge < -0.3 is 24.5 Å². The summed E-state index contributed by atoms with van der Waals surface area (Å²) < 4.78 is 18.4. The number of pyridine rings is 1. The Morgan fingerprint density at radius 1 is 1.22 bits per heavy atom. The zero-order valence-electron chi connectivity index (χ0n) is 20.7. The highest BCUT2D eigenvalue weighted by atomic mass is 16.5. The normalized spacial score (nSPS) is 15.1. The Balaban J connectivity index is 1.41. The molecule has 0 aliphatic carbocycles. The first-order valence-electron chi connectivity index (χ1n) is 12.2. The number of aromatic nitrogens is 4. The third-order valence-electron chi connectivity index (χ3n) is 6.47. The molecule has 0 spiro atoms. The minimum Gasteiger partial charge on any atom is -0.497 e. The number of nitrogens with zero attached hydrogens (tertiary/aromatic N) is 4. The summed E-state index contributed by atoms with van der Waals surface area (Å²) in [5, 5.41) is 12.0. The molecule has 1 aliphatic heterocycles. The van der Waals surface area contributed by atoms with Gasteiger partial charge in [-0.2, -0.15) is 5.10 Å². The van der Waals surface area contributed by atoms with Gasteiger partial charge in [0.05, 0.1) is 36.0 Å². The number of ether oxygens (including phenoxy) is 2. The number of carbonyl (C=O) groups is 1. The van der Waals surface area contributed by atoms with E-state index in [1.165, 1.54) is 6.26 Å². The lowest BCUT2D eigenvalue weighted by atomic mass is 10.1. The van der Waals surface area contributed by atoms with Crippen molar-refractivity contribution in [3.8, 4) is 17.2 Å². The molecule has 1 amide bonds. The molecule has 1 aliphatic rings. The first kappa shape index (κ1) is 23.8. The fraction of sp³-hybridized carbons (Fsp3) is 0.385. The molecular formula is C26H30N6O4. The van der Waals surface area contributed by atoms with E-state index in [4.69, 9.17) is 13.9 Å². The van der Waals surface area contributed by atoms with Crippen LogP contribution in [0.1, 0.15) is 48.8 Å². The van der Waals surface area contributed by atoms with Gasteiger partial charge in [0.1, 0.15) is 12.0 Å². The lowest BCUT2D eigenvalue weighted by Gasteiger charge is -2.25. The van der Waals surface area contributed by atoms with Crippen LogP contribution < -0.4 is 15.4 Å².